The fourth-order valence-electron chi connectivity index (χ4n) is 5.32. The summed E-state index contributed by atoms with van der Waals surface area (Å²) in [6.45, 7) is 12.8. The van der Waals surface area contributed by atoms with E-state index < -0.39 is 5.97 Å². The van der Waals surface area contributed by atoms with Crippen LogP contribution in [0.5, 0.6) is 0 Å². The predicted octanol–water partition coefficient (Wildman–Crippen LogP) is 6.46. The molecule has 0 spiro atoms. The number of ether oxygens (including phenoxy) is 2. The summed E-state index contributed by atoms with van der Waals surface area (Å²) < 4.78 is 12.8. The van der Waals surface area contributed by atoms with Gasteiger partial charge in [-0.15, -0.1) is 0 Å². The lowest BCUT2D eigenvalue weighted by Crippen LogP contribution is -2.36. The van der Waals surface area contributed by atoms with Crippen molar-refractivity contribution in [3.63, 3.8) is 0 Å². The minimum Gasteiger partial charge on any atom is -0.461 e. The van der Waals surface area contributed by atoms with Crippen LogP contribution in [-0.2, 0) is 9.47 Å². The maximum absolute atomic E-state index is 13.0. The molecule has 2 aromatic heterocycles. The number of esters is 1. The van der Waals surface area contributed by atoms with Gasteiger partial charge in [0, 0.05) is 38.1 Å². The van der Waals surface area contributed by atoms with Gasteiger partial charge >= 0.3 is 5.97 Å². The Morgan fingerprint density at radius 2 is 1.80 bits per heavy atom. The summed E-state index contributed by atoms with van der Waals surface area (Å²) in [6.07, 6.45) is 2.27. The lowest BCUT2D eigenvalue weighted by Gasteiger charge is -2.29. The van der Waals surface area contributed by atoms with Gasteiger partial charge in [-0.25, -0.2) is 14.5 Å². The van der Waals surface area contributed by atoms with Gasteiger partial charge in [-0.3, -0.25) is 0 Å². The lowest BCUT2D eigenvalue weighted by molar-refractivity contribution is 0.0520. The van der Waals surface area contributed by atoms with Crippen molar-refractivity contribution in [2.45, 2.75) is 46.5 Å². The molecule has 0 amide bonds. The van der Waals surface area contributed by atoms with E-state index in [1.807, 2.05) is 23.7 Å². The number of aromatic nitrogens is 3. The number of hydrogen-bond donors (Lipinski definition) is 0. The van der Waals surface area contributed by atoms with Crippen molar-refractivity contribution >= 4 is 28.4 Å². The number of carbonyl (C=O) groups excluding carboxylic acids is 1. The minimum absolute atomic E-state index is 0.149. The van der Waals surface area contributed by atoms with Crippen LogP contribution in [0.2, 0.25) is 0 Å². The topological polar surface area (TPSA) is 72.7 Å². The van der Waals surface area contributed by atoms with E-state index in [-0.39, 0.29) is 18.2 Å². The summed E-state index contributed by atoms with van der Waals surface area (Å²) in [5, 5.41) is 6.06. The SMILES string of the molecule is CCCCN(C)c1cccc(-n2nc(C(C)C)c3c(-c4ccc(N5CCOCC5)cc4)cc(C(=O)OCC)nc32)c1. The van der Waals surface area contributed by atoms with Crippen molar-refractivity contribution in [2.24, 2.45) is 0 Å². The number of pyridine rings is 1. The lowest BCUT2D eigenvalue weighted by atomic mass is 9.97. The molecular weight excluding hydrogens is 514 g/mol. The smallest absolute Gasteiger partial charge is 0.357 e. The van der Waals surface area contributed by atoms with Gasteiger partial charge in [0.15, 0.2) is 11.3 Å². The molecule has 1 aliphatic rings. The monoisotopic (exact) mass is 555 g/mol. The number of hydrogen-bond acceptors (Lipinski definition) is 7. The molecule has 0 bridgehead atoms. The first kappa shape index (κ1) is 28.6. The number of benzene rings is 2. The molecule has 4 aromatic rings. The fourth-order valence-corrected chi connectivity index (χ4v) is 5.32. The summed E-state index contributed by atoms with van der Waals surface area (Å²) in [6, 6.07) is 18.8. The van der Waals surface area contributed by atoms with E-state index in [1.165, 1.54) is 0 Å². The molecular formula is C33H41N5O3. The van der Waals surface area contributed by atoms with Crippen LogP contribution in [0, 0.1) is 0 Å². The third-order valence-corrected chi connectivity index (χ3v) is 7.61. The molecule has 2 aromatic carbocycles. The van der Waals surface area contributed by atoms with E-state index in [4.69, 9.17) is 19.6 Å². The molecule has 8 nitrogen and oxygen atoms in total. The standard InChI is InChI=1S/C33H41N5O3/c1-6-8-16-36(5)26-10-9-11-27(21-26)38-32-30(31(35-38)23(3)4)28(22-29(34-32)33(39)41-7-2)24-12-14-25(15-13-24)37-17-19-40-20-18-37/h9-15,21-23H,6-8,16-20H2,1-5H3. The van der Waals surface area contributed by atoms with Crippen LogP contribution in [0.3, 0.4) is 0 Å². The Morgan fingerprint density at radius 1 is 1.05 bits per heavy atom. The van der Waals surface area contributed by atoms with E-state index in [0.29, 0.717) is 5.65 Å². The Labute approximate surface area is 242 Å². The zero-order chi connectivity index (χ0) is 28.9. The second kappa shape index (κ2) is 12.7. The molecule has 1 fully saturated rings. The van der Waals surface area contributed by atoms with Crippen LogP contribution >= 0.6 is 0 Å². The van der Waals surface area contributed by atoms with Crippen LogP contribution in [-0.4, -0.2) is 67.2 Å². The van der Waals surface area contributed by atoms with Crippen LogP contribution in [0.1, 0.15) is 62.6 Å². The number of anilines is 2. The Bertz CT molecular complexity index is 1490. The Kier molecular flexibility index (Phi) is 8.88. The first-order chi connectivity index (χ1) is 19.9. The quantitative estimate of drug-likeness (QED) is 0.208. The van der Waals surface area contributed by atoms with Gasteiger partial charge in [-0.05, 0) is 66.8 Å². The summed E-state index contributed by atoms with van der Waals surface area (Å²) in [5.74, 6) is -0.289. The maximum atomic E-state index is 13.0. The van der Waals surface area contributed by atoms with Crippen molar-refractivity contribution in [1.29, 1.82) is 0 Å². The van der Waals surface area contributed by atoms with Crippen molar-refractivity contribution in [2.75, 3.05) is 56.3 Å². The first-order valence-electron chi connectivity index (χ1n) is 14.8. The minimum atomic E-state index is -0.438. The van der Waals surface area contributed by atoms with Gasteiger partial charge < -0.3 is 19.3 Å². The maximum Gasteiger partial charge on any atom is 0.357 e. The third kappa shape index (κ3) is 6.07. The van der Waals surface area contributed by atoms with Crippen molar-refractivity contribution in [3.8, 4) is 16.8 Å². The van der Waals surface area contributed by atoms with E-state index in [1.54, 1.807) is 0 Å². The van der Waals surface area contributed by atoms with E-state index in [0.717, 1.165) is 85.0 Å². The first-order valence-corrected chi connectivity index (χ1v) is 14.8. The van der Waals surface area contributed by atoms with Crippen molar-refractivity contribution in [3.05, 3.63) is 66.0 Å². The Morgan fingerprint density at radius 3 is 2.49 bits per heavy atom. The highest BCUT2D eigenvalue weighted by Crippen LogP contribution is 2.36. The van der Waals surface area contributed by atoms with Crippen LogP contribution in [0.25, 0.3) is 27.8 Å². The molecule has 5 rings (SSSR count). The molecule has 1 aliphatic heterocycles. The van der Waals surface area contributed by atoms with Crippen LogP contribution in [0.15, 0.2) is 54.6 Å². The molecule has 216 valence electrons. The number of fused-ring (bicyclic) bond motifs is 1. The van der Waals surface area contributed by atoms with E-state index in [2.05, 4.69) is 80.1 Å². The summed E-state index contributed by atoms with van der Waals surface area (Å²) in [7, 11) is 2.12. The molecule has 8 heteroatoms. The number of morpholine rings is 1. The van der Waals surface area contributed by atoms with E-state index in [9.17, 15) is 4.79 Å². The number of nitrogens with zero attached hydrogens (tertiary/aromatic N) is 5. The fraction of sp³-hybridized carbons (Fsp3) is 0.424. The molecule has 0 atom stereocenters. The van der Waals surface area contributed by atoms with Gasteiger partial charge in [-0.2, -0.15) is 5.10 Å². The summed E-state index contributed by atoms with van der Waals surface area (Å²) >= 11 is 0. The van der Waals surface area contributed by atoms with Gasteiger partial charge in [-0.1, -0.05) is 45.4 Å². The Hall–Kier alpha value is -3.91. The number of rotatable bonds is 10. The van der Waals surface area contributed by atoms with Gasteiger partial charge in [0.2, 0.25) is 0 Å². The molecule has 1 saturated heterocycles. The highest BCUT2D eigenvalue weighted by atomic mass is 16.5. The Balaban J connectivity index is 1.67. The average Bonchev–Trinajstić information content (AvgIpc) is 3.40. The zero-order valence-corrected chi connectivity index (χ0v) is 24.9. The summed E-state index contributed by atoms with van der Waals surface area (Å²) in [5.41, 5.74) is 7.00. The molecule has 0 N–H and O–H groups in total. The molecule has 0 aliphatic carbocycles. The van der Waals surface area contributed by atoms with Crippen molar-refractivity contribution in [1.82, 2.24) is 14.8 Å². The molecule has 0 unspecified atom stereocenters. The highest BCUT2D eigenvalue weighted by Gasteiger charge is 2.24. The predicted molar refractivity (Wildman–Crippen MR) is 166 cm³/mol. The number of carbonyl (C=O) groups is 1. The molecule has 3 heterocycles. The molecule has 41 heavy (non-hydrogen) atoms. The molecule has 0 saturated carbocycles. The average molecular weight is 556 g/mol. The normalized spacial score (nSPS) is 13.7. The van der Waals surface area contributed by atoms with Gasteiger partial charge in [0.1, 0.15) is 0 Å². The van der Waals surface area contributed by atoms with Crippen LogP contribution < -0.4 is 9.80 Å². The molecule has 0 radical (unpaired) electrons. The van der Waals surface area contributed by atoms with Gasteiger partial charge in [0.05, 0.1) is 36.6 Å². The second-order valence-electron chi connectivity index (χ2n) is 10.9. The van der Waals surface area contributed by atoms with E-state index >= 15 is 0 Å². The number of unbranched alkanes of at least 4 members (excludes halogenated alkanes) is 1. The van der Waals surface area contributed by atoms with Crippen molar-refractivity contribution < 1.29 is 14.3 Å². The summed E-state index contributed by atoms with van der Waals surface area (Å²) in [4.78, 5) is 22.5. The second-order valence-corrected chi connectivity index (χ2v) is 10.9. The largest absolute Gasteiger partial charge is 0.461 e. The third-order valence-electron chi connectivity index (χ3n) is 7.61. The zero-order valence-electron chi connectivity index (χ0n) is 24.9. The van der Waals surface area contributed by atoms with Gasteiger partial charge in [0.25, 0.3) is 0 Å². The highest BCUT2D eigenvalue weighted by molar-refractivity contribution is 6.00. The van der Waals surface area contributed by atoms with Crippen LogP contribution in [0.4, 0.5) is 11.4 Å².